The predicted octanol–water partition coefficient (Wildman–Crippen LogP) is 6.16. The van der Waals surface area contributed by atoms with Crippen LogP contribution in [0.2, 0.25) is 5.02 Å². The van der Waals surface area contributed by atoms with Gasteiger partial charge in [0, 0.05) is 18.7 Å². The van der Waals surface area contributed by atoms with Gasteiger partial charge in [-0.25, -0.2) is 4.98 Å². The Morgan fingerprint density at radius 2 is 1.86 bits per heavy atom. The summed E-state index contributed by atoms with van der Waals surface area (Å²) in [5, 5.41) is 5.08. The second kappa shape index (κ2) is 7.22. The maximum absolute atomic E-state index is 6.76. The third-order valence-electron chi connectivity index (χ3n) is 5.37. The molecule has 0 bridgehead atoms. The summed E-state index contributed by atoms with van der Waals surface area (Å²) in [5.41, 5.74) is 2.48. The van der Waals surface area contributed by atoms with Crippen molar-refractivity contribution < 1.29 is 4.74 Å². The molecule has 4 nitrogen and oxygen atoms in total. The smallest absolute Gasteiger partial charge is 0.175 e. The lowest BCUT2D eigenvalue weighted by molar-refractivity contribution is 0.415. The van der Waals surface area contributed by atoms with Gasteiger partial charge < -0.3 is 9.64 Å². The fourth-order valence-electron chi connectivity index (χ4n) is 3.95. The van der Waals surface area contributed by atoms with E-state index in [9.17, 15) is 0 Å². The molecule has 6 heteroatoms. The van der Waals surface area contributed by atoms with Crippen LogP contribution in [-0.4, -0.2) is 29.6 Å². The van der Waals surface area contributed by atoms with Crippen molar-refractivity contribution in [3.8, 4) is 17.0 Å². The summed E-state index contributed by atoms with van der Waals surface area (Å²) >= 11 is 8.28. The van der Waals surface area contributed by atoms with Gasteiger partial charge in [-0.2, -0.15) is 4.37 Å². The summed E-state index contributed by atoms with van der Waals surface area (Å²) in [6.45, 7) is 2.16. The van der Waals surface area contributed by atoms with E-state index in [-0.39, 0.29) is 0 Å². The largest absolute Gasteiger partial charge is 0.497 e. The van der Waals surface area contributed by atoms with Gasteiger partial charge in [0.2, 0.25) is 0 Å². The monoisotopic (exact) mass is 409 g/mol. The molecule has 1 aliphatic rings. The predicted molar refractivity (Wildman–Crippen MR) is 118 cm³/mol. The van der Waals surface area contributed by atoms with Crippen molar-refractivity contribution in [1.82, 2.24) is 9.36 Å². The molecule has 2 aromatic carbocycles. The van der Waals surface area contributed by atoms with Gasteiger partial charge in [0.25, 0.3) is 0 Å². The van der Waals surface area contributed by atoms with Gasteiger partial charge in [-0.15, -0.1) is 0 Å². The Morgan fingerprint density at radius 1 is 1.04 bits per heavy atom. The first kappa shape index (κ1) is 17.7. The lowest BCUT2D eigenvalue weighted by atomic mass is 10.0. The van der Waals surface area contributed by atoms with E-state index < -0.39 is 0 Å². The zero-order chi connectivity index (χ0) is 19.1. The van der Waals surface area contributed by atoms with Crippen LogP contribution in [0.15, 0.2) is 42.5 Å². The second-order valence-corrected chi connectivity index (χ2v) is 8.28. The van der Waals surface area contributed by atoms with Crippen molar-refractivity contribution in [2.24, 2.45) is 0 Å². The number of pyridine rings is 1. The van der Waals surface area contributed by atoms with Crippen LogP contribution in [0.5, 0.6) is 5.75 Å². The number of anilines is 1. The van der Waals surface area contributed by atoms with Crippen LogP contribution in [0.4, 0.5) is 5.00 Å². The van der Waals surface area contributed by atoms with E-state index in [1.165, 1.54) is 35.8 Å². The molecule has 142 valence electrons. The van der Waals surface area contributed by atoms with Gasteiger partial charge in [-0.3, -0.25) is 0 Å². The van der Waals surface area contributed by atoms with Gasteiger partial charge in [0.15, 0.2) is 5.65 Å². The highest BCUT2D eigenvalue weighted by Crippen LogP contribution is 2.40. The Bertz CT molecular complexity index is 1170. The Labute approximate surface area is 172 Å². The summed E-state index contributed by atoms with van der Waals surface area (Å²) < 4.78 is 10.1. The minimum absolute atomic E-state index is 0.643. The third kappa shape index (κ3) is 2.99. The van der Waals surface area contributed by atoms with E-state index in [2.05, 4.69) is 21.4 Å². The van der Waals surface area contributed by atoms with Crippen molar-refractivity contribution >= 4 is 49.9 Å². The molecule has 0 atom stereocenters. The summed E-state index contributed by atoms with van der Waals surface area (Å²) in [6, 6.07) is 14.3. The van der Waals surface area contributed by atoms with Crippen LogP contribution >= 0.6 is 23.1 Å². The number of hydrogen-bond acceptors (Lipinski definition) is 5. The van der Waals surface area contributed by atoms with Crippen LogP contribution in [0.3, 0.4) is 0 Å². The summed E-state index contributed by atoms with van der Waals surface area (Å²) in [7, 11) is 1.68. The van der Waals surface area contributed by atoms with E-state index in [1.54, 1.807) is 7.11 Å². The number of fused-ring (bicyclic) bond motifs is 2. The number of ether oxygens (including phenoxy) is 1. The average molecular weight is 410 g/mol. The van der Waals surface area contributed by atoms with Crippen molar-refractivity contribution in [1.29, 1.82) is 0 Å². The molecule has 4 aromatic rings. The number of aromatic nitrogens is 2. The fraction of sp³-hybridized carbons (Fsp3) is 0.273. The van der Waals surface area contributed by atoms with E-state index in [0.29, 0.717) is 5.02 Å². The quantitative estimate of drug-likeness (QED) is 0.406. The van der Waals surface area contributed by atoms with Gasteiger partial charge in [-0.1, -0.05) is 35.9 Å². The molecule has 1 saturated heterocycles. The fourth-order valence-corrected chi connectivity index (χ4v) is 5.06. The molecule has 0 spiro atoms. The van der Waals surface area contributed by atoms with Crippen LogP contribution in [0.1, 0.15) is 19.3 Å². The van der Waals surface area contributed by atoms with Crippen LogP contribution in [-0.2, 0) is 0 Å². The molecule has 0 N–H and O–H groups in total. The number of hydrogen-bond donors (Lipinski definition) is 0. The molecule has 2 aromatic heterocycles. The molecule has 3 heterocycles. The molecule has 1 aliphatic heterocycles. The van der Waals surface area contributed by atoms with E-state index in [0.717, 1.165) is 51.9 Å². The highest BCUT2D eigenvalue weighted by atomic mass is 35.5. The minimum atomic E-state index is 0.643. The molecule has 5 rings (SSSR count). The van der Waals surface area contributed by atoms with E-state index in [1.807, 2.05) is 30.3 Å². The Balaban J connectivity index is 1.68. The van der Waals surface area contributed by atoms with Gasteiger partial charge >= 0.3 is 0 Å². The molecule has 0 unspecified atom stereocenters. The zero-order valence-corrected chi connectivity index (χ0v) is 17.2. The van der Waals surface area contributed by atoms with E-state index in [4.69, 9.17) is 21.3 Å². The van der Waals surface area contributed by atoms with Crippen molar-refractivity contribution in [2.75, 3.05) is 25.1 Å². The SMILES string of the molecule is COc1cc(-c2nc3nsc(N4CCCCC4)c3cc2Cl)c2ccccc2c1. The lowest BCUT2D eigenvalue weighted by Gasteiger charge is -2.27. The Kier molecular flexibility index (Phi) is 4.57. The number of rotatable bonds is 3. The number of halogens is 1. The topological polar surface area (TPSA) is 38.3 Å². The summed E-state index contributed by atoms with van der Waals surface area (Å²) in [4.78, 5) is 7.29. The highest BCUT2D eigenvalue weighted by Gasteiger charge is 2.20. The first-order valence-corrected chi connectivity index (χ1v) is 10.7. The standard InChI is InChI=1S/C22H20ClN3OS/c1-27-15-11-14-7-3-4-8-16(14)17(12-15)20-19(23)13-18-21(24-20)25-28-22(18)26-9-5-2-6-10-26/h3-4,7-8,11-13H,2,5-6,9-10H2,1H3. The number of methoxy groups -OCH3 is 1. The molecule has 28 heavy (non-hydrogen) atoms. The van der Waals surface area contributed by atoms with Crippen LogP contribution in [0, 0.1) is 0 Å². The molecule has 0 saturated carbocycles. The van der Waals surface area contributed by atoms with Gasteiger partial charge in [-0.05, 0) is 59.8 Å². The normalized spacial score (nSPS) is 14.7. The minimum Gasteiger partial charge on any atom is -0.497 e. The first-order valence-electron chi connectivity index (χ1n) is 9.52. The maximum Gasteiger partial charge on any atom is 0.175 e. The van der Waals surface area contributed by atoms with Crippen molar-refractivity contribution in [2.45, 2.75) is 19.3 Å². The summed E-state index contributed by atoms with van der Waals surface area (Å²) in [6.07, 6.45) is 3.77. The molecule has 0 radical (unpaired) electrons. The highest BCUT2D eigenvalue weighted by molar-refractivity contribution is 7.11. The molecule has 1 fully saturated rings. The first-order chi connectivity index (χ1) is 13.7. The van der Waals surface area contributed by atoms with Crippen LogP contribution < -0.4 is 9.64 Å². The molecular weight excluding hydrogens is 390 g/mol. The van der Waals surface area contributed by atoms with Gasteiger partial charge in [0.05, 0.1) is 23.2 Å². The lowest BCUT2D eigenvalue weighted by Crippen LogP contribution is -2.28. The maximum atomic E-state index is 6.76. The zero-order valence-electron chi connectivity index (χ0n) is 15.6. The number of benzene rings is 2. The van der Waals surface area contributed by atoms with Crippen molar-refractivity contribution in [3.63, 3.8) is 0 Å². The van der Waals surface area contributed by atoms with Crippen molar-refractivity contribution in [3.05, 3.63) is 47.5 Å². The summed E-state index contributed by atoms with van der Waals surface area (Å²) in [5.74, 6) is 0.791. The number of nitrogens with zero attached hydrogens (tertiary/aromatic N) is 3. The molecule has 0 aliphatic carbocycles. The Hall–Kier alpha value is -2.37. The van der Waals surface area contributed by atoms with Crippen LogP contribution in [0.25, 0.3) is 33.1 Å². The average Bonchev–Trinajstić information content (AvgIpc) is 3.15. The second-order valence-electron chi connectivity index (χ2n) is 7.12. The number of piperidine rings is 1. The Morgan fingerprint density at radius 3 is 2.68 bits per heavy atom. The molecular formula is C22H20ClN3OS. The third-order valence-corrected chi connectivity index (χ3v) is 6.58. The van der Waals surface area contributed by atoms with E-state index >= 15 is 0 Å². The molecule has 0 amide bonds. The van der Waals surface area contributed by atoms with Gasteiger partial charge in [0.1, 0.15) is 10.8 Å².